The number of rotatable bonds is 2. The van der Waals surface area contributed by atoms with Gasteiger partial charge in [0.15, 0.2) is 0 Å². The predicted molar refractivity (Wildman–Crippen MR) is 133 cm³/mol. The Morgan fingerprint density at radius 3 is 2.44 bits per heavy atom. The average Bonchev–Trinajstić information content (AvgIpc) is 3.15. The van der Waals surface area contributed by atoms with Crippen molar-refractivity contribution < 1.29 is 19.3 Å². The third kappa shape index (κ3) is 3.17. The molecule has 0 spiro atoms. The van der Waals surface area contributed by atoms with Gasteiger partial charge in [-0.15, -0.1) is 0 Å². The van der Waals surface area contributed by atoms with E-state index in [2.05, 4.69) is 47.6 Å². The smallest absolute Gasteiger partial charge is 0.281 e. The Bertz CT molecular complexity index is 877. The van der Waals surface area contributed by atoms with Crippen LogP contribution in [0.5, 0.6) is 0 Å². The van der Waals surface area contributed by atoms with Crippen molar-refractivity contribution in [1.82, 2.24) is 0 Å². The van der Waals surface area contributed by atoms with Crippen molar-refractivity contribution in [2.24, 2.45) is 40.4 Å². The van der Waals surface area contributed by atoms with Crippen molar-refractivity contribution in [2.75, 3.05) is 0 Å². The lowest BCUT2D eigenvalue weighted by Gasteiger charge is -2.58. The van der Waals surface area contributed by atoms with E-state index in [1.54, 1.807) is 5.57 Å². The fourth-order valence-corrected chi connectivity index (χ4v) is 10.3. The lowest BCUT2D eigenvalue weighted by atomic mass is 9.47. The highest BCUT2D eigenvalue weighted by atomic mass is 16.9. The first-order chi connectivity index (χ1) is 15.8. The van der Waals surface area contributed by atoms with Crippen molar-refractivity contribution >= 4 is 0 Å². The first kappa shape index (κ1) is 23.9. The van der Waals surface area contributed by atoms with Crippen LogP contribution < -0.4 is 0 Å². The molecule has 0 unspecified atom stereocenters. The van der Waals surface area contributed by atoms with E-state index in [-0.39, 0.29) is 23.4 Å². The number of aliphatic hydroxyl groups is 1. The topological polar surface area (TPSA) is 47.9 Å². The Morgan fingerprint density at radius 2 is 1.71 bits per heavy atom. The van der Waals surface area contributed by atoms with Crippen LogP contribution in [-0.4, -0.2) is 34.5 Å². The molecule has 2 aliphatic heterocycles. The molecule has 6 rings (SSSR count). The van der Waals surface area contributed by atoms with E-state index in [1.807, 2.05) is 6.92 Å². The highest BCUT2D eigenvalue weighted by Gasteiger charge is 2.65. The summed E-state index contributed by atoms with van der Waals surface area (Å²) in [5.74, 6) is 2.70. The Morgan fingerprint density at radius 1 is 0.941 bits per heavy atom. The molecule has 5 fully saturated rings. The molecule has 6 aliphatic rings. The van der Waals surface area contributed by atoms with Crippen LogP contribution in [0.1, 0.15) is 106 Å². The van der Waals surface area contributed by atoms with Gasteiger partial charge in [0.2, 0.25) is 0 Å². The summed E-state index contributed by atoms with van der Waals surface area (Å²) >= 11 is 0. The summed E-state index contributed by atoms with van der Waals surface area (Å²) in [6, 6.07) is 0. The number of allylic oxidation sites excluding steroid dienone is 1. The first-order valence-electron chi connectivity index (χ1n) is 14.3. The van der Waals surface area contributed by atoms with Gasteiger partial charge < -0.3 is 19.3 Å². The summed E-state index contributed by atoms with van der Waals surface area (Å²) in [5, 5.41) is 10.3. The van der Waals surface area contributed by atoms with E-state index in [4.69, 9.17) is 14.2 Å². The number of hydrogen-bond donors (Lipinski definition) is 1. The average molecular weight is 473 g/mol. The van der Waals surface area contributed by atoms with Gasteiger partial charge in [-0.25, -0.2) is 0 Å². The van der Waals surface area contributed by atoms with E-state index in [9.17, 15) is 5.11 Å². The number of fused-ring (bicyclic) bond motifs is 7. The van der Waals surface area contributed by atoms with Gasteiger partial charge in [0, 0.05) is 13.3 Å². The summed E-state index contributed by atoms with van der Waals surface area (Å²) in [5.41, 5.74) is 1.65. The van der Waals surface area contributed by atoms with Gasteiger partial charge in [0.25, 0.3) is 5.97 Å². The fraction of sp³-hybridized carbons (Fsp3) is 0.933. The van der Waals surface area contributed by atoms with Crippen LogP contribution in [0.15, 0.2) is 11.6 Å². The molecule has 0 radical (unpaired) electrons. The molecule has 1 N–H and O–H groups in total. The third-order valence-corrected chi connectivity index (χ3v) is 12.5. The van der Waals surface area contributed by atoms with Gasteiger partial charge in [0.1, 0.15) is 5.60 Å². The van der Waals surface area contributed by atoms with Crippen molar-refractivity contribution in [3.05, 3.63) is 11.6 Å². The largest absolute Gasteiger partial charge is 0.393 e. The van der Waals surface area contributed by atoms with Crippen LogP contribution in [-0.2, 0) is 14.2 Å². The number of hydrogen-bond acceptors (Lipinski definition) is 4. The van der Waals surface area contributed by atoms with E-state index in [1.165, 1.54) is 38.5 Å². The number of aliphatic hydroxyl groups excluding tert-OH is 1. The van der Waals surface area contributed by atoms with E-state index < -0.39 is 5.97 Å². The van der Waals surface area contributed by atoms with E-state index in [0.29, 0.717) is 22.7 Å². The summed E-state index contributed by atoms with van der Waals surface area (Å²) in [6.07, 6.45) is 13.2. The zero-order chi connectivity index (χ0) is 24.3. The number of ether oxygens (including phenoxy) is 3. The van der Waals surface area contributed by atoms with Crippen molar-refractivity contribution in [1.29, 1.82) is 0 Å². The molecule has 2 heterocycles. The fourth-order valence-electron chi connectivity index (χ4n) is 10.3. The Balaban J connectivity index is 1.24. The second-order valence-corrected chi connectivity index (χ2v) is 14.4. The van der Waals surface area contributed by atoms with Crippen molar-refractivity contribution in [2.45, 2.75) is 136 Å². The Kier molecular flexibility index (Phi) is 5.16. The molecule has 3 saturated carbocycles. The second-order valence-electron chi connectivity index (χ2n) is 14.4. The standard InChI is InChI=1S/C30H48O4/c1-18(25-17-29(6)26(2,3)33-30(7,32-25)34-29)22-10-11-23-21-9-8-19-16-20(31)12-14-27(19,4)24(21)13-15-28(22,23)5/h8,18,20-25,31H,9-17H2,1-7H3/t18-,20-,21-,22+,23-,24-,25+,27-,28+,29+,30-/m0/s1. The maximum absolute atomic E-state index is 10.3. The zero-order valence-corrected chi connectivity index (χ0v) is 22.7. The molecule has 0 aromatic rings. The molecular formula is C30H48O4. The SMILES string of the molecule is C[C@@H]([C@H]1CC[C@H]2[C@@H]3CC=C4C[C@@H](O)CC[C@]4(C)[C@H]3CC[C@]12C)[C@H]1C[C@@]2(C)O[C@@](C)(O1)OC2(C)C. The second kappa shape index (κ2) is 7.33. The van der Waals surface area contributed by atoms with Crippen molar-refractivity contribution in [3.8, 4) is 0 Å². The molecule has 0 aromatic carbocycles. The van der Waals surface area contributed by atoms with Gasteiger partial charge in [0.05, 0.1) is 17.8 Å². The molecule has 4 aliphatic carbocycles. The molecule has 4 nitrogen and oxygen atoms in total. The maximum atomic E-state index is 10.3. The first-order valence-corrected chi connectivity index (χ1v) is 14.3. The monoisotopic (exact) mass is 472 g/mol. The Labute approximate surface area is 207 Å². The maximum Gasteiger partial charge on any atom is 0.281 e. The van der Waals surface area contributed by atoms with E-state index >= 15 is 0 Å². The third-order valence-electron chi connectivity index (χ3n) is 12.5. The molecule has 192 valence electrons. The summed E-state index contributed by atoms with van der Waals surface area (Å²) in [7, 11) is 0. The normalized spacial score (nSPS) is 56.8. The van der Waals surface area contributed by atoms with Crippen molar-refractivity contribution in [3.63, 3.8) is 0 Å². The zero-order valence-electron chi connectivity index (χ0n) is 22.7. The molecule has 2 bridgehead atoms. The highest BCUT2D eigenvalue weighted by Crippen LogP contribution is 2.68. The lowest BCUT2D eigenvalue weighted by Crippen LogP contribution is -2.54. The van der Waals surface area contributed by atoms with Gasteiger partial charge in [-0.3, -0.25) is 0 Å². The van der Waals surface area contributed by atoms with Crippen LogP contribution >= 0.6 is 0 Å². The molecule has 0 amide bonds. The van der Waals surface area contributed by atoms with Gasteiger partial charge in [-0.2, -0.15) is 0 Å². The van der Waals surface area contributed by atoms with Gasteiger partial charge in [-0.05, 0) is 113 Å². The van der Waals surface area contributed by atoms with Crippen LogP contribution in [0.2, 0.25) is 0 Å². The minimum absolute atomic E-state index is 0.117. The van der Waals surface area contributed by atoms with Crippen LogP contribution in [0.4, 0.5) is 0 Å². The summed E-state index contributed by atoms with van der Waals surface area (Å²) in [6.45, 7) is 16.1. The summed E-state index contributed by atoms with van der Waals surface area (Å²) < 4.78 is 19.2. The predicted octanol–water partition coefficient (Wildman–Crippen LogP) is 6.61. The minimum atomic E-state index is -0.920. The molecule has 11 atom stereocenters. The minimum Gasteiger partial charge on any atom is -0.393 e. The van der Waals surface area contributed by atoms with Gasteiger partial charge in [-0.1, -0.05) is 32.4 Å². The molecular weight excluding hydrogens is 424 g/mol. The summed E-state index contributed by atoms with van der Waals surface area (Å²) in [4.78, 5) is 0. The molecule has 34 heavy (non-hydrogen) atoms. The van der Waals surface area contributed by atoms with Gasteiger partial charge >= 0.3 is 0 Å². The highest BCUT2D eigenvalue weighted by molar-refractivity contribution is 5.25. The van der Waals surface area contributed by atoms with Crippen LogP contribution in [0, 0.1) is 40.4 Å². The van der Waals surface area contributed by atoms with Crippen LogP contribution in [0.25, 0.3) is 0 Å². The molecule has 2 saturated heterocycles. The van der Waals surface area contributed by atoms with E-state index in [0.717, 1.165) is 37.0 Å². The lowest BCUT2D eigenvalue weighted by molar-refractivity contribution is -0.385. The van der Waals surface area contributed by atoms with Crippen LogP contribution in [0.3, 0.4) is 0 Å². The molecule has 4 heteroatoms. The Hall–Kier alpha value is -0.420. The quantitative estimate of drug-likeness (QED) is 0.460. The molecule has 0 aromatic heterocycles.